The first kappa shape index (κ1) is 28.3. The predicted molar refractivity (Wildman–Crippen MR) is 153 cm³/mol. The number of anilines is 1. The van der Waals surface area contributed by atoms with E-state index in [0.717, 1.165) is 46.9 Å². The summed E-state index contributed by atoms with van der Waals surface area (Å²) >= 11 is 0. The van der Waals surface area contributed by atoms with Gasteiger partial charge in [0.15, 0.2) is 11.5 Å². The zero-order chi connectivity index (χ0) is 26.6. The van der Waals surface area contributed by atoms with Gasteiger partial charge in [0, 0.05) is 43.0 Å². The Bertz CT molecular complexity index is 1120. The van der Waals surface area contributed by atoms with E-state index in [0.29, 0.717) is 17.9 Å². The average molecular weight is 506 g/mol. The van der Waals surface area contributed by atoms with E-state index in [4.69, 9.17) is 14.5 Å². The first-order chi connectivity index (χ1) is 17.9. The van der Waals surface area contributed by atoms with Gasteiger partial charge in [0.25, 0.3) is 0 Å². The Balaban J connectivity index is 1.56. The minimum atomic E-state index is -0.216. The number of aryl methyl sites for hydroxylation is 1. The van der Waals surface area contributed by atoms with Gasteiger partial charge < -0.3 is 19.4 Å². The number of carbonyl (C=O) groups is 1. The Morgan fingerprint density at radius 2 is 1.49 bits per heavy atom. The first-order valence-corrected chi connectivity index (χ1v) is 13.7. The summed E-state index contributed by atoms with van der Waals surface area (Å²) in [6.45, 7) is 4.26. The third kappa shape index (κ3) is 8.38. The van der Waals surface area contributed by atoms with Crippen LogP contribution in [0.2, 0.25) is 0 Å². The van der Waals surface area contributed by atoms with Gasteiger partial charge in [-0.2, -0.15) is 0 Å². The van der Waals surface area contributed by atoms with Crippen molar-refractivity contribution in [3.8, 4) is 34.1 Å². The number of hydrogen-bond acceptors (Lipinski definition) is 5. The Hall–Kier alpha value is -3.28. The lowest BCUT2D eigenvalue weighted by Crippen LogP contribution is -2.08. The number of esters is 1. The van der Waals surface area contributed by atoms with Gasteiger partial charge in [-0.05, 0) is 43.7 Å². The van der Waals surface area contributed by atoms with E-state index >= 15 is 0 Å². The van der Waals surface area contributed by atoms with Crippen LogP contribution in [0.5, 0.6) is 11.5 Å². The minimum Gasteiger partial charge on any atom is -0.493 e. The van der Waals surface area contributed by atoms with Gasteiger partial charge in [0.05, 0.1) is 12.8 Å². The van der Waals surface area contributed by atoms with Crippen LogP contribution in [0.4, 0.5) is 5.69 Å². The normalized spacial score (nSPS) is 10.9. The van der Waals surface area contributed by atoms with Crippen LogP contribution >= 0.6 is 0 Å². The molecule has 0 radical (unpaired) electrons. The van der Waals surface area contributed by atoms with Crippen LogP contribution < -0.4 is 14.4 Å². The van der Waals surface area contributed by atoms with Crippen molar-refractivity contribution in [2.75, 3.05) is 26.1 Å². The van der Waals surface area contributed by atoms with Gasteiger partial charge in [-0.3, -0.25) is 4.79 Å². The Labute approximate surface area is 222 Å². The Morgan fingerprint density at radius 1 is 0.865 bits per heavy atom. The molecule has 0 saturated carbocycles. The molecule has 0 spiro atoms. The number of ether oxygens (including phenoxy) is 2. The van der Waals surface area contributed by atoms with Crippen molar-refractivity contribution in [3.05, 3.63) is 48.2 Å². The van der Waals surface area contributed by atoms with E-state index in [1.165, 1.54) is 44.9 Å². The van der Waals surface area contributed by atoms with Gasteiger partial charge in [0.1, 0.15) is 5.82 Å². The first-order valence-electron chi connectivity index (χ1n) is 13.7. The number of nitrogens with one attached hydrogen (secondary N) is 1. The van der Waals surface area contributed by atoms with Crippen molar-refractivity contribution in [2.24, 2.45) is 0 Å². The van der Waals surface area contributed by atoms with E-state index in [1.807, 2.05) is 33.2 Å². The summed E-state index contributed by atoms with van der Waals surface area (Å²) in [7, 11) is 5.64. The van der Waals surface area contributed by atoms with E-state index in [2.05, 4.69) is 41.1 Å². The molecule has 2 aromatic carbocycles. The molecule has 0 unspecified atom stereocenters. The monoisotopic (exact) mass is 505 g/mol. The maximum atomic E-state index is 12.4. The van der Waals surface area contributed by atoms with Crippen LogP contribution in [0.25, 0.3) is 22.6 Å². The molecule has 0 atom stereocenters. The molecule has 0 amide bonds. The van der Waals surface area contributed by atoms with Gasteiger partial charge in [-0.15, -0.1) is 0 Å². The van der Waals surface area contributed by atoms with Crippen molar-refractivity contribution in [1.82, 2.24) is 9.97 Å². The largest absolute Gasteiger partial charge is 0.493 e. The SMILES string of the molecule is CCCCCCCCCCCC(=O)Oc1ccc(-c2nc(-c3ccc(N(C)C)cc3)c(C)[nH]2)cc1OC. The molecule has 0 fully saturated rings. The molecular formula is C31H43N3O3. The molecule has 37 heavy (non-hydrogen) atoms. The van der Waals surface area contributed by atoms with Crippen LogP contribution in [0.15, 0.2) is 42.5 Å². The zero-order valence-electron chi connectivity index (χ0n) is 23.2. The number of aromatic nitrogens is 2. The molecule has 3 aromatic rings. The van der Waals surface area contributed by atoms with Crippen LogP contribution in [-0.2, 0) is 4.79 Å². The van der Waals surface area contributed by atoms with E-state index in [1.54, 1.807) is 13.2 Å². The van der Waals surface area contributed by atoms with Gasteiger partial charge in [-0.25, -0.2) is 4.98 Å². The number of rotatable bonds is 15. The van der Waals surface area contributed by atoms with E-state index in [9.17, 15) is 4.79 Å². The lowest BCUT2D eigenvalue weighted by Gasteiger charge is -2.12. The summed E-state index contributed by atoms with van der Waals surface area (Å²) in [6, 6.07) is 13.9. The molecule has 0 bridgehead atoms. The lowest BCUT2D eigenvalue weighted by atomic mass is 10.1. The highest BCUT2D eigenvalue weighted by Gasteiger charge is 2.15. The Kier molecular flexibility index (Phi) is 11.1. The van der Waals surface area contributed by atoms with Gasteiger partial charge in [-0.1, -0.05) is 70.4 Å². The second-order valence-electron chi connectivity index (χ2n) is 9.92. The van der Waals surface area contributed by atoms with Crippen molar-refractivity contribution in [3.63, 3.8) is 0 Å². The highest BCUT2D eigenvalue weighted by atomic mass is 16.6. The fourth-order valence-electron chi connectivity index (χ4n) is 4.45. The lowest BCUT2D eigenvalue weighted by molar-refractivity contribution is -0.134. The number of nitrogens with zero attached hydrogens (tertiary/aromatic N) is 2. The van der Waals surface area contributed by atoms with Crippen LogP contribution in [-0.4, -0.2) is 37.1 Å². The summed E-state index contributed by atoms with van der Waals surface area (Å²) < 4.78 is 11.2. The van der Waals surface area contributed by atoms with Crippen LogP contribution in [0.1, 0.15) is 76.8 Å². The number of imidazole rings is 1. The average Bonchev–Trinajstić information content (AvgIpc) is 3.29. The maximum absolute atomic E-state index is 12.4. The quantitative estimate of drug-likeness (QED) is 0.129. The van der Waals surface area contributed by atoms with Crippen LogP contribution in [0, 0.1) is 6.92 Å². The fourth-order valence-corrected chi connectivity index (χ4v) is 4.45. The molecule has 0 aliphatic carbocycles. The molecule has 200 valence electrons. The molecule has 1 aromatic heterocycles. The molecule has 6 heteroatoms. The molecule has 0 saturated heterocycles. The van der Waals surface area contributed by atoms with Crippen LogP contribution in [0.3, 0.4) is 0 Å². The smallest absolute Gasteiger partial charge is 0.311 e. The predicted octanol–water partition coefficient (Wildman–Crippen LogP) is 7.95. The number of aromatic amines is 1. The second-order valence-corrected chi connectivity index (χ2v) is 9.92. The van der Waals surface area contributed by atoms with Crippen molar-refractivity contribution >= 4 is 11.7 Å². The molecule has 1 N–H and O–H groups in total. The topological polar surface area (TPSA) is 67.5 Å². The minimum absolute atomic E-state index is 0.216. The van der Waals surface area contributed by atoms with Crippen molar-refractivity contribution < 1.29 is 14.3 Å². The number of H-pyrrole nitrogens is 1. The Morgan fingerprint density at radius 3 is 2.11 bits per heavy atom. The number of hydrogen-bond donors (Lipinski definition) is 1. The van der Waals surface area contributed by atoms with E-state index in [-0.39, 0.29) is 5.97 Å². The van der Waals surface area contributed by atoms with Gasteiger partial charge in [0.2, 0.25) is 0 Å². The fraction of sp³-hybridized carbons (Fsp3) is 0.484. The molecule has 3 rings (SSSR count). The second kappa shape index (κ2) is 14.5. The standard InChI is InChI=1S/C31H43N3O3/c1-6-7-8-9-10-11-12-13-14-15-29(35)37-27-21-18-25(22-28(27)36-5)31-32-23(2)30(33-31)24-16-19-26(20-17-24)34(3)4/h16-22H,6-15H2,1-5H3,(H,32,33). The summed E-state index contributed by atoms with van der Waals surface area (Å²) in [5.74, 6) is 1.49. The van der Waals surface area contributed by atoms with Crippen molar-refractivity contribution in [1.29, 1.82) is 0 Å². The third-order valence-electron chi connectivity index (χ3n) is 6.69. The highest BCUT2D eigenvalue weighted by molar-refractivity contribution is 5.75. The maximum Gasteiger partial charge on any atom is 0.311 e. The third-order valence-corrected chi connectivity index (χ3v) is 6.69. The molecule has 1 heterocycles. The molecule has 6 nitrogen and oxygen atoms in total. The summed E-state index contributed by atoms with van der Waals surface area (Å²) in [5.41, 5.74) is 4.97. The van der Waals surface area contributed by atoms with E-state index < -0.39 is 0 Å². The zero-order valence-corrected chi connectivity index (χ0v) is 23.2. The van der Waals surface area contributed by atoms with Crippen molar-refractivity contribution in [2.45, 2.75) is 78.1 Å². The highest BCUT2D eigenvalue weighted by Crippen LogP contribution is 2.34. The summed E-state index contributed by atoms with van der Waals surface area (Å²) in [5, 5.41) is 0. The number of methoxy groups -OCH3 is 1. The summed E-state index contributed by atoms with van der Waals surface area (Å²) in [4.78, 5) is 22.7. The molecule has 0 aliphatic rings. The number of benzene rings is 2. The number of unbranched alkanes of at least 4 members (excludes halogenated alkanes) is 8. The summed E-state index contributed by atoms with van der Waals surface area (Å²) in [6.07, 6.45) is 11.4. The van der Waals surface area contributed by atoms with Gasteiger partial charge >= 0.3 is 5.97 Å². The molecular weight excluding hydrogens is 462 g/mol. The molecule has 0 aliphatic heterocycles. The number of carbonyl (C=O) groups excluding carboxylic acids is 1.